The minimum absolute atomic E-state index is 0.199. The zero-order valence-corrected chi connectivity index (χ0v) is 11.1. The molecule has 5 heteroatoms. The number of carboxylic acid groups (broad SMARTS) is 1. The van der Waals surface area contributed by atoms with Crippen LogP contribution in [-0.4, -0.2) is 36.1 Å². The zero-order valence-electron chi connectivity index (χ0n) is 11.1. The topological polar surface area (TPSA) is 69.6 Å². The van der Waals surface area contributed by atoms with Gasteiger partial charge in [0.25, 0.3) is 0 Å². The Bertz CT molecular complexity index is 482. The monoisotopic (exact) mass is 262 g/mol. The number of benzene rings is 1. The molecule has 1 saturated heterocycles. The highest BCUT2D eigenvalue weighted by atomic mass is 16.4. The first-order valence-corrected chi connectivity index (χ1v) is 6.34. The SMILES string of the molecule is CC(C)c1ccc(N2CC(=O)NC(C(=O)O)C2)cc1. The van der Waals surface area contributed by atoms with E-state index in [4.69, 9.17) is 5.11 Å². The van der Waals surface area contributed by atoms with Gasteiger partial charge in [-0.3, -0.25) is 4.79 Å². The number of anilines is 1. The average molecular weight is 262 g/mol. The Morgan fingerprint density at radius 2 is 2.00 bits per heavy atom. The molecule has 102 valence electrons. The number of amides is 1. The molecule has 2 N–H and O–H groups in total. The van der Waals surface area contributed by atoms with Crippen molar-refractivity contribution in [3.05, 3.63) is 29.8 Å². The van der Waals surface area contributed by atoms with Gasteiger partial charge in [0.05, 0.1) is 6.54 Å². The lowest BCUT2D eigenvalue weighted by molar-refractivity contribution is -0.142. The van der Waals surface area contributed by atoms with Crippen LogP contribution in [0.2, 0.25) is 0 Å². The van der Waals surface area contributed by atoms with Gasteiger partial charge in [-0.25, -0.2) is 4.79 Å². The Kier molecular flexibility index (Phi) is 3.74. The van der Waals surface area contributed by atoms with Crippen molar-refractivity contribution in [1.29, 1.82) is 0 Å². The predicted octanol–water partition coefficient (Wildman–Crippen LogP) is 1.20. The van der Waals surface area contributed by atoms with E-state index >= 15 is 0 Å². The summed E-state index contributed by atoms with van der Waals surface area (Å²) < 4.78 is 0. The van der Waals surface area contributed by atoms with Crippen molar-refractivity contribution in [3.8, 4) is 0 Å². The van der Waals surface area contributed by atoms with Crippen LogP contribution in [0.25, 0.3) is 0 Å². The van der Waals surface area contributed by atoms with Crippen molar-refractivity contribution in [2.24, 2.45) is 0 Å². The van der Waals surface area contributed by atoms with Gasteiger partial charge in [-0.15, -0.1) is 0 Å². The Labute approximate surface area is 112 Å². The van der Waals surface area contributed by atoms with Crippen LogP contribution in [0.5, 0.6) is 0 Å². The number of hydrogen-bond donors (Lipinski definition) is 2. The number of nitrogens with one attached hydrogen (secondary N) is 1. The lowest BCUT2D eigenvalue weighted by Gasteiger charge is -2.32. The maximum Gasteiger partial charge on any atom is 0.328 e. The fourth-order valence-electron chi connectivity index (χ4n) is 2.15. The highest BCUT2D eigenvalue weighted by molar-refractivity contribution is 5.89. The predicted molar refractivity (Wildman–Crippen MR) is 72.3 cm³/mol. The molecule has 1 aromatic carbocycles. The largest absolute Gasteiger partial charge is 0.480 e. The molecule has 1 unspecified atom stereocenters. The number of hydrogen-bond acceptors (Lipinski definition) is 3. The van der Waals surface area contributed by atoms with Gasteiger partial charge in [-0.05, 0) is 23.6 Å². The summed E-state index contributed by atoms with van der Waals surface area (Å²) in [5.74, 6) is -0.811. The number of carboxylic acids is 1. The van der Waals surface area contributed by atoms with Crippen LogP contribution < -0.4 is 10.2 Å². The molecule has 1 fully saturated rings. The van der Waals surface area contributed by atoms with Crippen molar-refractivity contribution >= 4 is 17.6 Å². The van der Waals surface area contributed by atoms with Crippen LogP contribution in [0.1, 0.15) is 25.3 Å². The molecule has 19 heavy (non-hydrogen) atoms. The Morgan fingerprint density at radius 1 is 1.37 bits per heavy atom. The molecule has 1 aliphatic rings. The maximum absolute atomic E-state index is 11.5. The normalized spacial score (nSPS) is 19.4. The molecule has 0 aromatic heterocycles. The number of nitrogens with zero attached hydrogens (tertiary/aromatic N) is 1. The first kappa shape index (κ1) is 13.4. The van der Waals surface area contributed by atoms with Gasteiger partial charge < -0.3 is 15.3 Å². The van der Waals surface area contributed by atoms with E-state index in [0.29, 0.717) is 12.5 Å². The highest BCUT2D eigenvalue weighted by Crippen LogP contribution is 2.21. The fourth-order valence-corrected chi connectivity index (χ4v) is 2.15. The molecule has 1 aliphatic heterocycles. The van der Waals surface area contributed by atoms with E-state index in [0.717, 1.165) is 5.69 Å². The highest BCUT2D eigenvalue weighted by Gasteiger charge is 2.29. The molecule has 1 amide bonds. The number of rotatable bonds is 3. The molecule has 0 bridgehead atoms. The molecule has 2 rings (SSSR count). The summed E-state index contributed by atoms with van der Waals surface area (Å²) in [6.07, 6.45) is 0. The molecular weight excluding hydrogens is 244 g/mol. The van der Waals surface area contributed by atoms with E-state index in [2.05, 4.69) is 19.2 Å². The van der Waals surface area contributed by atoms with Gasteiger partial charge in [-0.2, -0.15) is 0 Å². The first-order chi connectivity index (χ1) is 8.97. The third-order valence-corrected chi connectivity index (χ3v) is 3.30. The van der Waals surface area contributed by atoms with Crippen LogP contribution in [0, 0.1) is 0 Å². The molecule has 0 aliphatic carbocycles. The number of carbonyl (C=O) groups is 2. The van der Waals surface area contributed by atoms with Gasteiger partial charge in [0.2, 0.25) is 5.91 Å². The second-order valence-electron chi connectivity index (χ2n) is 5.09. The number of carbonyl (C=O) groups excluding carboxylic acids is 1. The first-order valence-electron chi connectivity index (χ1n) is 6.34. The average Bonchev–Trinajstić information content (AvgIpc) is 2.38. The fraction of sp³-hybridized carbons (Fsp3) is 0.429. The van der Waals surface area contributed by atoms with E-state index < -0.39 is 12.0 Å². The van der Waals surface area contributed by atoms with Crippen molar-refractivity contribution in [2.75, 3.05) is 18.0 Å². The van der Waals surface area contributed by atoms with Crippen molar-refractivity contribution in [3.63, 3.8) is 0 Å². The zero-order chi connectivity index (χ0) is 14.0. The Morgan fingerprint density at radius 3 is 2.53 bits per heavy atom. The summed E-state index contributed by atoms with van der Waals surface area (Å²) >= 11 is 0. The maximum atomic E-state index is 11.5. The summed E-state index contributed by atoms with van der Waals surface area (Å²) in [5.41, 5.74) is 2.10. The van der Waals surface area contributed by atoms with Crippen LogP contribution in [0.15, 0.2) is 24.3 Å². The molecule has 0 radical (unpaired) electrons. The summed E-state index contributed by atoms with van der Waals surface area (Å²) in [7, 11) is 0. The summed E-state index contributed by atoms with van der Waals surface area (Å²) in [6, 6.07) is 7.07. The number of aliphatic carboxylic acids is 1. The molecule has 0 saturated carbocycles. The molecule has 5 nitrogen and oxygen atoms in total. The van der Waals surface area contributed by atoms with Gasteiger partial charge in [0.1, 0.15) is 6.04 Å². The summed E-state index contributed by atoms with van der Waals surface area (Å²) in [5, 5.41) is 11.5. The van der Waals surface area contributed by atoms with E-state index in [1.165, 1.54) is 5.56 Å². The van der Waals surface area contributed by atoms with Crippen molar-refractivity contribution in [2.45, 2.75) is 25.8 Å². The van der Waals surface area contributed by atoms with E-state index in [-0.39, 0.29) is 12.5 Å². The Hall–Kier alpha value is -2.04. The quantitative estimate of drug-likeness (QED) is 0.858. The van der Waals surface area contributed by atoms with Crippen molar-refractivity contribution in [1.82, 2.24) is 5.32 Å². The smallest absolute Gasteiger partial charge is 0.328 e. The van der Waals surface area contributed by atoms with Crippen LogP contribution in [0.4, 0.5) is 5.69 Å². The third kappa shape index (κ3) is 3.05. The van der Waals surface area contributed by atoms with E-state index in [9.17, 15) is 9.59 Å². The van der Waals surface area contributed by atoms with Gasteiger partial charge in [0.15, 0.2) is 0 Å². The third-order valence-electron chi connectivity index (χ3n) is 3.30. The summed E-state index contributed by atoms with van der Waals surface area (Å²) in [6.45, 7) is 4.72. The minimum atomic E-state index is -1.00. The van der Waals surface area contributed by atoms with Crippen LogP contribution in [-0.2, 0) is 9.59 Å². The standard InChI is InChI=1S/C14H18N2O3/c1-9(2)10-3-5-11(6-4-10)16-7-12(14(18)19)15-13(17)8-16/h3-6,9,12H,7-8H2,1-2H3,(H,15,17)(H,18,19). The summed E-state index contributed by atoms with van der Waals surface area (Å²) in [4.78, 5) is 24.3. The minimum Gasteiger partial charge on any atom is -0.480 e. The van der Waals surface area contributed by atoms with Gasteiger partial charge in [-0.1, -0.05) is 26.0 Å². The lowest BCUT2D eigenvalue weighted by Crippen LogP contribution is -2.57. The molecular formula is C14H18N2O3. The van der Waals surface area contributed by atoms with Crippen molar-refractivity contribution < 1.29 is 14.7 Å². The molecule has 0 spiro atoms. The van der Waals surface area contributed by atoms with E-state index in [1.807, 2.05) is 24.3 Å². The Balaban J connectivity index is 2.16. The van der Waals surface area contributed by atoms with Crippen LogP contribution >= 0.6 is 0 Å². The second-order valence-corrected chi connectivity index (χ2v) is 5.09. The van der Waals surface area contributed by atoms with E-state index in [1.54, 1.807) is 4.90 Å². The van der Waals surface area contributed by atoms with Gasteiger partial charge >= 0.3 is 5.97 Å². The molecule has 1 aromatic rings. The number of piperazine rings is 1. The molecule has 1 atom stereocenters. The van der Waals surface area contributed by atoms with Gasteiger partial charge in [0, 0.05) is 12.2 Å². The molecule has 1 heterocycles. The van der Waals surface area contributed by atoms with Crippen LogP contribution in [0.3, 0.4) is 0 Å². The lowest BCUT2D eigenvalue weighted by atomic mass is 10.0. The second kappa shape index (κ2) is 5.30.